The third kappa shape index (κ3) is 2.66. The van der Waals surface area contributed by atoms with Gasteiger partial charge in [-0.25, -0.2) is 13.4 Å². The topological polar surface area (TPSA) is 100 Å². The number of hydrogen-bond donors (Lipinski definition) is 2. The SMILES string of the molecule is Cc1[nH]c(C2CCS(=O)(=O)C2)nc1CC(=O)O. The van der Waals surface area contributed by atoms with Crippen LogP contribution in [0.25, 0.3) is 0 Å². The maximum Gasteiger partial charge on any atom is 0.309 e. The summed E-state index contributed by atoms with van der Waals surface area (Å²) in [5.74, 6) is -0.177. The van der Waals surface area contributed by atoms with Gasteiger partial charge in [0, 0.05) is 11.6 Å². The van der Waals surface area contributed by atoms with Crippen molar-refractivity contribution in [1.82, 2.24) is 9.97 Å². The molecule has 1 aliphatic rings. The van der Waals surface area contributed by atoms with Gasteiger partial charge in [-0.1, -0.05) is 0 Å². The smallest absolute Gasteiger partial charge is 0.309 e. The molecule has 0 aromatic carbocycles. The van der Waals surface area contributed by atoms with Gasteiger partial charge in [0.15, 0.2) is 9.84 Å². The number of H-pyrrole nitrogens is 1. The van der Waals surface area contributed by atoms with Gasteiger partial charge in [-0.05, 0) is 13.3 Å². The molecular formula is C10H14N2O4S. The molecular weight excluding hydrogens is 244 g/mol. The largest absolute Gasteiger partial charge is 0.481 e. The van der Waals surface area contributed by atoms with Gasteiger partial charge in [-0.3, -0.25) is 4.79 Å². The molecule has 1 aliphatic heterocycles. The van der Waals surface area contributed by atoms with E-state index in [1.54, 1.807) is 6.92 Å². The summed E-state index contributed by atoms with van der Waals surface area (Å²) in [6, 6.07) is 0. The van der Waals surface area contributed by atoms with E-state index in [4.69, 9.17) is 5.11 Å². The summed E-state index contributed by atoms with van der Waals surface area (Å²) < 4.78 is 22.7. The Bertz CT molecular complexity index is 547. The number of nitrogens with one attached hydrogen (secondary N) is 1. The van der Waals surface area contributed by atoms with Crippen molar-refractivity contribution in [1.29, 1.82) is 0 Å². The van der Waals surface area contributed by atoms with E-state index in [1.807, 2.05) is 0 Å². The van der Waals surface area contributed by atoms with Crippen LogP contribution in [0.5, 0.6) is 0 Å². The first-order valence-corrected chi connectivity index (χ1v) is 7.17. The van der Waals surface area contributed by atoms with Gasteiger partial charge < -0.3 is 10.1 Å². The van der Waals surface area contributed by atoms with E-state index in [-0.39, 0.29) is 23.8 Å². The minimum atomic E-state index is -2.95. The van der Waals surface area contributed by atoms with Crippen LogP contribution in [0.15, 0.2) is 0 Å². The lowest BCUT2D eigenvalue weighted by Gasteiger charge is -2.01. The maximum atomic E-state index is 11.3. The van der Waals surface area contributed by atoms with E-state index in [1.165, 1.54) is 0 Å². The van der Waals surface area contributed by atoms with Crippen molar-refractivity contribution in [3.63, 3.8) is 0 Å². The highest BCUT2D eigenvalue weighted by Gasteiger charge is 2.31. The molecule has 6 nitrogen and oxygen atoms in total. The first kappa shape index (κ1) is 12.1. The molecule has 17 heavy (non-hydrogen) atoms. The molecule has 1 atom stereocenters. The summed E-state index contributed by atoms with van der Waals surface area (Å²) >= 11 is 0. The number of hydrogen-bond acceptors (Lipinski definition) is 4. The molecule has 1 saturated heterocycles. The van der Waals surface area contributed by atoms with E-state index in [0.717, 1.165) is 0 Å². The molecule has 0 aliphatic carbocycles. The monoisotopic (exact) mass is 258 g/mol. The summed E-state index contributed by atoms with van der Waals surface area (Å²) in [4.78, 5) is 17.8. The summed E-state index contributed by atoms with van der Waals surface area (Å²) in [5.41, 5.74) is 1.18. The van der Waals surface area contributed by atoms with Crippen LogP contribution < -0.4 is 0 Å². The lowest BCUT2D eigenvalue weighted by molar-refractivity contribution is -0.136. The second-order valence-electron chi connectivity index (χ2n) is 4.36. The lowest BCUT2D eigenvalue weighted by Crippen LogP contribution is -2.05. The Labute approximate surface area is 99.0 Å². The zero-order chi connectivity index (χ0) is 12.6. The Morgan fingerprint density at radius 1 is 1.59 bits per heavy atom. The number of imidazole rings is 1. The number of aryl methyl sites for hydroxylation is 1. The maximum absolute atomic E-state index is 11.3. The number of aromatic amines is 1. The average Bonchev–Trinajstić information content (AvgIpc) is 2.70. The van der Waals surface area contributed by atoms with Crippen molar-refractivity contribution in [2.24, 2.45) is 0 Å². The zero-order valence-electron chi connectivity index (χ0n) is 9.43. The second kappa shape index (κ2) is 4.14. The fraction of sp³-hybridized carbons (Fsp3) is 0.600. The molecule has 1 fully saturated rings. The molecule has 1 unspecified atom stereocenters. The van der Waals surface area contributed by atoms with Crippen molar-refractivity contribution >= 4 is 15.8 Å². The first-order valence-electron chi connectivity index (χ1n) is 5.35. The summed E-state index contributed by atoms with van der Waals surface area (Å²) in [6.45, 7) is 1.75. The minimum absolute atomic E-state index is 0.104. The van der Waals surface area contributed by atoms with E-state index in [0.29, 0.717) is 23.6 Å². The number of nitrogens with zero attached hydrogens (tertiary/aromatic N) is 1. The molecule has 94 valence electrons. The van der Waals surface area contributed by atoms with Crippen LogP contribution in [0.1, 0.15) is 29.6 Å². The Balaban J connectivity index is 2.21. The van der Waals surface area contributed by atoms with Gasteiger partial charge in [0.25, 0.3) is 0 Å². The fourth-order valence-electron chi connectivity index (χ4n) is 2.04. The molecule has 0 radical (unpaired) electrons. The van der Waals surface area contributed by atoms with Crippen LogP contribution in [0.2, 0.25) is 0 Å². The van der Waals surface area contributed by atoms with E-state index in [9.17, 15) is 13.2 Å². The number of rotatable bonds is 3. The van der Waals surface area contributed by atoms with Crippen LogP contribution in [-0.4, -0.2) is 41.0 Å². The van der Waals surface area contributed by atoms with Gasteiger partial charge in [-0.2, -0.15) is 0 Å². The summed E-state index contributed by atoms with van der Waals surface area (Å²) in [5, 5.41) is 8.70. The third-order valence-electron chi connectivity index (χ3n) is 2.94. The minimum Gasteiger partial charge on any atom is -0.481 e. The predicted molar refractivity (Wildman–Crippen MR) is 60.7 cm³/mol. The fourth-order valence-corrected chi connectivity index (χ4v) is 3.79. The summed E-state index contributed by atoms with van der Waals surface area (Å²) in [6.07, 6.45) is 0.420. The number of carboxylic acid groups (broad SMARTS) is 1. The van der Waals surface area contributed by atoms with Gasteiger partial charge in [0.1, 0.15) is 5.82 Å². The number of carboxylic acids is 1. The molecule has 1 aromatic rings. The number of sulfone groups is 1. The summed E-state index contributed by atoms with van der Waals surface area (Å²) in [7, 11) is -2.95. The quantitative estimate of drug-likeness (QED) is 0.809. The van der Waals surface area contributed by atoms with Crippen molar-refractivity contribution in [2.45, 2.75) is 25.7 Å². The Hall–Kier alpha value is -1.37. The second-order valence-corrected chi connectivity index (χ2v) is 6.59. The highest BCUT2D eigenvalue weighted by molar-refractivity contribution is 7.91. The van der Waals surface area contributed by atoms with Crippen molar-refractivity contribution in [2.75, 3.05) is 11.5 Å². The average molecular weight is 258 g/mol. The standard InChI is InChI=1S/C10H14N2O4S/c1-6-8(4-9(13)14)12-10(11-6)7-2-3-17(15,16)5-7/h7H,2-5H2,1H3,(H,11,12)(H,13,14). The molecule has 1 aromatic heterocycles. The van der Waals surface area contributed by atoms with Gasteiger partial charge in [0.2, 0.25) is 0 Å². The van der Waals surface area contributed by atoms with Crippen LogP contribution in [0.3, 0.4) is 0 Å². The predicted octanol–water partition coefficient (Wildman–Crippen LogP) is 0.247. The van der Waals surface area contributed by atoms with Gasteiger partial charge >= 0.3 is 5.97 Å². The Morgan fingerprint density at radius 3 is 2.82 bits per heavy atom. The number of aromatic nitrogens is 2. The van der Waals surface area contributed by atoms with Crippen LogP contribution in [-0.2, 0) is 21.1 Å². The Morgan fingerprint density at radius 2 is 2.29 bits per heavy atom. The van der Waals surface area contributed by atoms with Gasteiger partial charge in [-0.15, -0.1) is 0 Å². The molecule has 0 saturated carbocycles. The van der Waals surface area contributed by atoms with Crippen molar-refractivity contribution < 1.29 is 18.3 Å². The van der Waals surface area contributed by atoms with E-state index in [2.05, 4.69) is 9.97 Å². The van der Waals surface area contributed by atoms with Crippen LogP contribution in [0, 0.1) is 6.92 Å². The van der Waals surface area contributed by atoms with Crippen LogP contribution >= 0.6 is 0 Å². The molecule has 2 heterocycles. The molecule has 7 heteroatoms. The third-order valence-corrected chi connectivity index (χ3v) is 4.71. The molecule has 2 N–H and O–H groups in total. The van der Waals surface area contributed by atoms with Crippen molar-refractivity contribution in [3.05, 3.63) is 17.2 Å². The zero-order valence-corrected chi connectivity index (χ0v) is 10.2. The molecule has 0 bridgehead atoms. The highest BCUT2D eigenvalue weighted by Crippen LogP contribution is 2.27. The highest BCUT2D eigenvalue weighted by atomic mass is 32.2. The van der Waals surface area contributed by atoms with E-state index >= 15 is 0 Å². The van der Waals surface area contributed by atoms with Gasteiger partial charge in [0.05, 0.1) is 23.6 Å². The molecule has 0 amide bonds. The number of carbonyl (C=O) groups is 1. The van der Waals surface area contributed by atoms with Crippen LogP contribution in [0.4, 0.5) is 0 Å². The van der Waals surface area contributed by atoms with Crippen molar-refractivity contribution in [3.8, 4) is 0 Å². The Kier molecular flexibility index (Phi) is 2.94. The lowest BCUT2D eigenvalue weighted by atomic mass is 10.1. The molecule has 2 rings (SSSR count). The normalized spacial score (nSPS) is 22.8. The first-order chi connectivity index (χ1) is 7.87. The molecule has 0 spiro atoms. The number of aliphatic carboxylic acids is 1. The van der Waals surface area contributed by atoms with E-state index < -0.39 is 15.8 Å².